The summed E-state index contributed by atoms with van der Waals surface area (Å²) in [5, 5.41) is 6.89. The molecular weight excluding hydrogens is 346 g/mol. The topological polar surface area (TPSA) is 57.3 Å². The predicted octanol–water partition coefficient (Wildman–Crippen LogP) is 3.61. The Morgan fingerprint density at radius 3 is 2.73 bits per heavy atom. The van der Waals surface area contributed by atoms with E-state index >= 15 is 0 Å². The first kappa shape index (κ1) is 17.8. The minimum absolute atomic E-state index is 0.591. The lowest BCUT2D eigenvalue weighted by Crippen LogP contribution is -2.37. The first-order valence-corrected chi connectivity index (χ1v) is 10.4. The molecule has 0 aromatic carbocycles. The third kappa shape index (κ3) is 4.78. The zero-order valence-electron chi connectivity index (χ0n) is 15.1. The minimum atomic E-state index is 0.591. The maximum absolute atomic E-state index is 6.02. The zero-order chi connectivity index (χ0) is 17.6. The molecule has 0 saturated carbocycles. The fourth-order valence-corrected chi connectivity index (χ4v) is 4.82. The highest BCUT2D eigenvalue weighted by Gasteiger charge is 2.23. The van der Waals surface area contributed by atoms with Gasteiger partial charge in [-0.3, -0.25) is 10.1 Å². The normalized spacial score (nSPS) is 22.4. The van der Waals surface area contributed by atoms with Crippen molar-refractivity contribution in [2.75, 3.05) is 32.8 Å². The van der Waals surface area contributed by atoms with Gasteiger partial charge in [0.2, 0.25) is 0 Å². The molecule has 0 amide bonds. The Bertz CT molecular complexity index is 657. The van der Waals surface area contributed by atoms with E-state index in [9.17, 15) is 0 Å². The van der Waals surface area contributed by atoms with E-state index < -0.39 is 0 Å². The van der Waals surface area contributed by atoms with Crippen LogP contribution < -0.4 is 4.74 Å². The summed E-state index contributed by atoms with van der Waals surface area (Å²) in [6, 6.07) is 5.88. The molecule has 0 spiro atoms. The Morgan fingerprint density at radius 1 is 1.08 bits per heavy atom. The molecule has 7 heteroatoms. The van der Waals surface area contributed by atoms with E-state index in [-0.39, 0.29) is 0 Å². The summed E-state index contributed by atoms with van der Waals surface area (Å²) in [7, 11) is 0. The fraction of sp³-hybridized carbons (Fsp3) is 0.579. The largest absolute Gasteiger partial charge is 0.492 e. The van der Waals surface area contributed by atoms with Crippen LogP contribution in [-0.4, -0.2) is 56.6 Å². The van der Waals surface area contributed by atoms with E-state index in [0.29, 0.717) is 5.92 Å². The molecule has 140 valence electrons. The number of nitrogens with zero attached hydrogens (tertiary/aromatic N) is 4. The minimum Gasteiger partial charge on any atom is -0.492 e. The van der Waals surface area contributed by atoms with Crippen molar-refractivity contribution in [3.8, 4) is 17.1 Å². The number of H-pyrrole nitrogens is 1. The molecule has 2 fully saturated rings. The highest BCUT2D eigenvalue weighted by molar-refractivity contribution is 7.94. The van der Waals surface area contributed by atoms with Crippen LogP contribution in [0.3, 0.4) is 0 Å². The number of aromatic amines is 1. The van der Waals surface area contributed by atoms with Crippen LogP contribution in [-0.2, 0) is 0 Å². The Morgan fingerprint density at radius 2 is 1.96 bits per heavy atom. The second kappa shape index (κ2) is 8.88. The Kier molecular flexibility index (Phi) is 6.09. The summed E-state index contributed by atoms with van der Waals surface area (Å²) in [5.41, 5.74) is 1.81. The van der Waals surface area contributed by atoms with Gasteiger partial charge in [-0.15, -0.1) is 0 Å². The summed E-state index contributed by atoms with van der Waals surface area (Å²) in [6.45, 7) is 5.54. The van der Waals surface area contributed by atoms with Crippen molar-refractivity contribution in [1.29, 1.82) is 0 Å². The summed E-state index contributed by atoms with van der Waals surface area (Å²) < 4.78 is 11.1. The van der Waals surface area contributed by atoms with Crippen molar-refractivity contribution >= 4 is 12.1 Å². The molecule has 26 heavy (non-hydrogen) atoms. The number of ether oxygens (including phenoxy) is 1. The van der Waals surface area contributed by atoms with Crippen molar-refractivity contribution in [2.45, 2.75) is 32.1 Å². The number of rotatable bonds is 6. The molecule has 2 aliphatic heterocycles. The van der Waals surface area contributed by atoms with Crippen molar-refractivity contribution in [2.24, 2.45) is 5.92 Å². The maximum Gasteiger partial charge on any atom is 0.137 e. The van der Waals surface area contributed by atoms with Gasteiger partial charge in [0.25, 0.3) is 0 Å². The Labute approximate surface area is 159 Å². The SMILES string of the molecule is c1cc(-c2ccc(OC[C@@H]3CCCN(SN4CCCCC4)C3)cn2)[nH]n1. The lowest BCUT2D eigenvalue weighted by Gasteiger charge is -2.36. The van der Waals surface area contributed by atoms with Crippen LogP contribution in [0.25, 0.3) is 11.4 Å². The van der Waals surface area contributed by atoms with Crippen LogP contribution in [0.4, 0.5) is 0 Å². The molecule has 1 atom stereocenters. The van der Waals surface area contributed by atoms with Crippen LogP contribution in [0.5, 0.6) is 5.75 Å². The van der Waals surface area contributed by atoms with Gasteiger partial charge in [-0.2, -0.15) is 5.10 Å². The van der Waals surface area contributed by atoms with Gasteiger partial charge in [0.05, 0.1) is 24.2 Å². The van der Waals surface area contributed by atoms with E-state index in [1.54, 1.807) is 12.4 Å². The van der Waals surface area contributed by atoms with E-state index in [1.165, 1.54) is 51.7 Å². The average molecular weight is 374 g/mol. The van der Waals surface area contributed by atoms with Crippen molar-refractivity contribution in [3.63, 3.8) is 0 Å². The molecule has 2 aromatic rings. The third-order valence-electron chi connectivity index (χ3n) is 5.03. The van der Waals surface area contributed by atoms with Crippen molar-refractivity contribution in [1.82, 2.24) is 23.8 Å². The molecule has 6 nitrogen and oxygen atoms in total. The zero-order valence-corrected chi connectivity index (χ0v) is 16.0. The number of pyridine rings is 1. The smallest absolute Gasteiger partial charge is 0.137 e. The summed E-state index contributed by atoms with van der Waals surface area (Å²) in [5.74, 6) is 1.43. The number of piperidine rings is 2. The van der Waals surface area contributed by atoms with Crippen LogP contribution in [0, 0.1) is 5.92 Å². The molecule has 4 rings (SSSR count). The van der Waals surface area contributed by atoms with E-state index in [0.717, 1.165) is 30.3 Å². The van der Waals surface area contributed by atoms with Crippen LogP contribution >= 0.6 is 12.1 Å². The number of aromatic nitrogens is 3. The van der Waals surface area contributed by atoms with Gasteiger partial charge in [0.1, 0.15) is 5.75 Å². The van der Waals surface area contributed by atoms with Gasteiger partial charge >= 0.3 is 0 Å². The Balaban J connectivity index is 1.24. The van der Waals surface area contributed by atoms with E-state index in [4.69, 9.17) is 4.74 Å². The molecule has 0 unspecified atom stereocenters. The van der Waals surface area contributed by atoms with E-state index in [1.807, 2.05) is 30.3 Å². The lowest BCUT2D eigenvalue weighted by molar-refractivity contribution is 0.183. The Hall–Kier alpha value is -1.57. The van der Waals surface area contributed by atoms with Crippen LogP contribution in [0.2, 0.25) is 0 Å². The standard InChI is InChI=1S/C19H27N5OS/c1-2-10-23(11-3-1)26-24-12-4-5-16(14-24)15-25-17-6-7-18(20-13-17)19-8-9-21-22-19/h6-9,13,16H,1-5,10-12,14-15H2,(H,21,22)/t16-/m1/s1. The first-order valence-electron chi connectivity index (χ1n) is 9.63. The highest BCUT2D eigenvalue weighted by Crippen LogP contribution is 2.28. The van der Waals surface area contributed by atoms with Gasteiger partial charge in [-0.1, -0.05) is 6.42 Å². The summed E-state index contributed by atoms with van der Waals surface area (Å²) in [6.07, 6.45) is 10.1. The molecule has 4 heterocycles. The molecule has 0 bridgehead atoms. The molecule has 0 radical (unpaired) electrons. The number of hydrogen-bond donors (Lipinski definition) is 1. The quantitative estimate of drug-likeness (QED) is 0.781. The van der Waals surface area contributed by atoms with E-state index in [2.05, 4.69) is 23.8 Å². The highest BCUT2D eigenvalue weighted by atomic mass is 32.2. The third-order valence-corrected chi connectivity index (χ3v) is 6.19. The average Bonchev–Trinajstić information content (AvgIpc) is 3.23. The van der Waals surface area contributed by atoms with Crippen LogP contribution in [0.15, 0.2) is 30.6 Å². The lowest BCUT2D eigenvalue weighted by atomic mass is 10.0. The van der Waals surface area contributed by atoms with Gasteiger partial charge in [-0.05, 0) is 43.9 Å². The second-order valence-electron chi connectivity index (χ2n) is 7.13. The fourth-order valence-electron chi connectivity index (χ4n) is 3.58. The predicted molar refractivity (Wildman–Crippen MR) is 105 cm³/mol. The summed E-state index contributed by atoms with van der Waals surface area (Å²) in [4.78, 5) is 4.46. The summed E-state index contributed by atoms with van der Waals surface area (Å²) >= 11 is 1.96. The molecule has 1 N–H and O–H groups in total. The first-order chi connectivity index (χ1) is 12.9. The molecule has 2 aromatic heterocycles. The molecule has 2 saturated heterocycles. The molecule has 2 aliphatic rings. The number of nitrogens with one attached hydrogen (secondary N) is 1. The van der Waals surface area contributed by atoms with Gasteiger partial charge < -0.3 is 4.74 Å². The monoisotopic (exact) mass is 373 g/mol. The van der Waals surface area contributed by atoms with Crippen molar-refractivity contribution < 1.29 is 4.74 Å². The van der Waals surface area contributed by atoms with Gasteiger partial charge in [0, 0.05) is 50.4 Å². The van der Waals surface area contributed by atoms with Crippen LogP contribution in [0.1, 0.15) is 32.1 Å². The van der Waals surface area contributed by atoms with Crippen molar-refractivity contribution in [3.05, 3.63) is 30.6 Å². The number of hydrogen-bond acceptors (Lipinski definition) is 6. The maximum atomic E-state index is 6.02. The van der Waals surface area contributed by atoms with Gasteiger partial charge in [0.15, 0.2) is 0 Å². The second-order valence-corrected chi connectivity index (χ2v) is 8.32. The van der Waals surface area contributed by atoms with Gasteiger partial charge in [-0.25, -0.2) is 8.61 Å². The molecule has 0 aliphatic carbocycles. The molecular formula is C19H27N5OS.